The molecule has 1 aromatic rings. The zero-order chi connectivity index (χ0) is 13.0. The molecule has 0 aliphatic heterocycles. The van der Waals surface area contributed by atoms with Gasteiger partial charge in [0.15, 0.2) is 0 Å². The van der Waals surface area contributed by atoms with Gasteiger partial charge >= 0.3 is 5.97 Å². The van der Waals surface area contributed by atoms with E-state index in [1.807, 2.05) is 0 Å². The predicted molar refractivity (Wildman–Crippen MR) is 59.2 cm³/mol. The highest BCUT2D eigenvalue weighted by Gasteiger charge is 2.21. The van der Waals surface area contributed by atoms with Crippen LogP contribution < -0.4 is 4.74 Å². The monoisotopic (exact) mass is 309 g/mol. The summed E-state index contributed by atoms with van der Waals surface area (Å²) in [5.41, 5.74) is -0.0400. The largest absolute Gasteiger partial charge is 0.481 e. The van der Waals surface area contributed by atoms with Crippen LogP contribution in [-0.2, 0) is 16.0 Å². The maximum atomic E-state index is 12.6. The number of esters is 1. The average Bonchev–Trinajstić information content (AvgIpc) is 2.30. The van der Waals surface area contributed by atoms with Crippen molar-refractivity contribution in [2.24, 2.45) is 0 Å². The molecule has 4 nitrogen and oxygen atoms in total. The van der Waals surface area contributed by atoms with Crippen LogP contribution in [0.3, 0.4) is 0 Å². The van der Waals surface area contributed by atoms with Crippen molar-refractivity contribution in [3.8, 4) is 5.88 Å². The number of aromatic nitrogens is 1. The van der Waals surface area contributed by atoms with Crippen molar-refractivity contribution in [1.82, 2.24) is 4.98 Å². The van der Waals surface area contributed by atoms with Crippen molar-refractivity contribution >= 4 is 21.9 Å². The van der Waals surface area contributed by atoms with E-state index in [0.717, 1.165) is 6.20 Å². The molecule has 0 saturated heterocycles. The van der Waals surface area contributed by atoms with E-state index >= 15 is 0 Å². The van der Waals surface area contributed by atoms with E-state index in [2.05, 4.69) is 25.7 Å². The summed E-state index contributed by atoms with van der Waals surface area (Å²) in [7, 11) is 2.56. The van der Waals surface area contributed by atoms with Crippen LogP contribution in [-0.4, -0.2) is 25.2 Å². The van der Waals surface area contributed by atoms with E-state index < -0.39 is 12.4 Å². The van der Waals surface area contributed by atoms with E-state index in [1.54, 1.807) is 0 Å². The van der Waals surface area contributed by atoms with Gasteiger partial charge in [-0.15, -0.1) is 0 Å². The first-order valence-corrected chi connectivity index (χ1v) is 5.36. The number of ether oxygens (including phenoxy) is 2. The van der Waals surface area contributed by atoms with Crippen LogP contribution in [0.5, 0.6) is 5.88 Å². The Morgan fingerprint density at radius 2 is 2.18 bits per heavy atom. The molecule has 0 saturated carbocycles. The van der Waals surface area contributed by atoms with Crippen molar-refractivity contribution in [3.63, 3.8) is 0 Å². The molecule has 0 N–H and O–H groups in total. The minimum Gasteiger partial charge on any atom is -0.481 e. The topological polar surface area (TPSA) is 48.4 Å². The first-order valence-electron chi connectivity index (χ1n) is 4.57. The number of halogens is 3. The fraction of sp³-hybridized carbons (Fsp3) is 0.400. The quantitative estimate of drug-likeness (QED) is 0.802. The van der Waals surface area contributed by atoms with Gasteiger partial charge in [-0.1, -0.05) is 0 Å². The minimum atomic E-state index is -2.68. The first kappa shape index (κ1) is 13.8. The van der Waals surface area contributed by atoms with Gasteiger partial charge in [0.2, 0.25) is 5.88 Å². The molecule has 0 radical (unpaired) electrons. The maximum Gasteiger partial charge on any atom is 0.310 e. The van der Waals surface area contributed by atoms with Crippen LogP contribution in [0.1, 0.15) is 17.6 Å². The Hall–Kier alpha value is -1.24. The van der Waals surface area contributed by atoms with Gasteiger partial charge < -0.3 is 9.47 Å². The summed E-state index contributed by atoms with van der Waals surface area (Å²) in [6.07, 6.45) is -1.86. The van der Waals surface area contributed by atoms with Gasteiger partial charge in [-0.05, 0) is 15.9 Å². The minimum absolute atomic E-state index is 0.116. The molecule has 0 aliphatic rings. The number of rotatable bonds is 4. The van der Waals surface area contributed by atoms with Crippen LogP contribution in [0, 0.1) is 0 Å². The molecule has 0 fully saturated rings. The molecule has 0 amide bonds. The zero-order valence-corrected chi connectivity index (χ0v) is 10.8. The number of alkyl halides is 2. The molecule has 0 atom stereocenters. The third-order valence-electron chi connectivity index (χ3n) is 2.07. The molecule has 0 aromatic carbocycles. The molecule has 1 heterocycles. The molecular weight excluding hydrogens is 300 g/mol. The Bertz CT molecular complexity index is 426. The molecular formula is C10H10BrF2NO3. The number of hydrogen-bond donors (Lipinski definition) is 0. The molecule has 1 rings (SSSR count). The maximum absolute atomic E-state index is 12.6. The lowest BCUT2D eigenvalue weighted by atomic mass is 10.1. The van der Waals surface area contributed by atoms with Crippen molar-refractivity contribution in [2.75, 3.05) is 14.2 Å². The van der Waals surface area contributed by atoms with E-state index in [0.29, 0.717) is 0 Å². The highest BCUT2D eigenvalue weighted by Crippen LogP contribution is 2.34. The normalized spacial score (nSPS) is 10.5. The molecule has 17 heavy (non-hydrogen) atoms. The van der Waals surface area contributed by atoms with Crippen LogP contribution in [0.2, 0.25) is 0 Å². The summed E-state index contributed by atoms with van der Waals surface area (Å²) in [5.74, 6) is -0.441. The Kier molecular flexibility index (Phi) is 4.80. The van der Waals surface area contributed by atoms with Crippen molar-refractivity contribution in [3.05, 3.63) is 21.8 Å². The Morgan fingerprint density at radius 1 is 1.53 bits per heavy atom. The summed E-state index contributed by atoms with van der Waals surface area (Å²) in [4.78, 5) is 14.9. The molecule has 0 aliphatic carbocycles. The van der Waals surface area contributed by atoms with E-state index in [1.165, 1.54) is 14.2 Å². The Labute approximate surface area is 105 Å². The lowest BCUT2D eigenvalue weighted by Gasteiger charge is -2.11. The molecule has 7 heteroatoms. The third-order valence-corrected chi connectivity index (χ3v) is 3.01. The first-order chi connectivity index (χ1) is 8.01. The lowest BCUT2D eigenvalue weighted by molar-refractivity contribution is -0.139. The summed E-state index contributed by atoms with van der Waals surface area (Å²) in [6.45, 7) is 0. The molecule has 94 valence electrons. The average molecular weight is 310 g/mol. The highest BCUT2D eigenvalue weighted by atomic mass is 79.9. The summed E-state index contributed by atoms with van der Waals surface area (Å²) in [5, 5.41) is 0. The number of carbonyl (C=O) groups is 1. The van der Waals surface area contributed by atoms with Crippen LogP contribution in [0.25, 0.3) is 0 Å². The van der Waals surface area contributed by atoms with Gasteiger partial charge in [0.25, 0.3) is 6.43 Å². The van der Waals surface area contributed by atoms with Crippen LogP contribution in [0.4, 0.5) is 8.78 Å². The fourth-order valence-electron chi connectivity index (χ4n) is 1.23. The van der Waals surface area contributed by atoms with E-state index in [4.69, 9.17) is 4.74 Å². The van der Waals surface area contributed by atoms with E-state index in [-0.39, 0.29) is 27.9 Å². The molecule has 0 spiro atoms. The number of carbonyl (C=O) groups excluding carboxylic acids is 1. The van der Waals surface area contributed by atoms with Gasteiger partial charge in [-0.3, -0.25) is 4.79 Å². The van der Waals surface area contributed by atoms with Crippen LogP contribution in [0.15, 0.2) is 10.7 Å². The Balaban J connectivity index is 3.22. The fourth-order valence-corrected chi connectivity index (χ4v) is 1.81. The smallest absolute Gasteiger partial charge is 0.310 e. The lowest BCUT2D eigenvalue weighted by Crippen LogP contribution is -2.09. The van der Waals surface area contributed by atoms with Gasteiger partial charge in [0, 0.05) is 16.2 Å². The van der Waals surface area contributed by atoms with Crippen molar-refractivity contribution in [1.29, 1.82) is 0 Å². The van der Waals surface area contributed by atoms with Crippen molar-refractivity contribution in [2.45, 2.75) is 12.8 Å². The number of hydrogen-bond acceptors (Lipinski definition) is 4. The zero-order valence-electron chi connectivity index (χ0n) is 9.17. The van der Waals surface area contributed by atoms with Crippen LogP contribution >= 0.6 is 15.9 Å². The second kappa shape index (κ2) is 5.90. The van der Waals surface area contributed by atoms with Gasteiger partial charge in [-0.25, -0.2) is 13.8 Å². The summed E-state index contributed by atoms with van der Waals surface area (Å²) in [6, 6.07) is 0. The summed E-state index contributed by atoms with van der Waals surface area (Å²) >= 11 is 3.02. The summed E-state index contributed by atoms with van der Waals surface area (Å²) < 4.78 is 34.8. The molecule has 0 unspecified atom stereocenters. The van der Waals surface area contributed by atoms with Gasteiger partial charge in [-0.2, -0.15) is 0 Å². The van der Waals surface area contributed by atoms with Gasteiger partial charge in [0.1, 0.15) is 0 Å². The number of methoxy groups -OCH3 is 2. The second-order valence-corrected chi connectivity index (χ2v) is 3.86. The predicted octanol–water partition coefficient (Wildman–Crippen LogP) is 2.51. The standard InChI is InChI=1S/C10H10BrF2NO3/c1-16-7(15)3-5-8(11)6(9(12)13)4-14-10(5)17-2/h4,9H,3H2,1-2H3. The third kappa shape index (κ3) is 3.12. The van der Waals surface area contributed by atoms with Gasteiger partial charge in [0.05, 0.1) is 26.2 Å². The Morgan fingerprint density at radius 3 is 2.65 bits per heavy atom. The van der Waals surface area contributed by atoms with Crippen molar-refractivity contribution < 1.29 is 23.0 Å². The number of nitrogens with zero attached hydrogens (tertiary/aromatic N) is 1. The molecule has 1 aromatic heterocycles. The SMILES string of the molecule is COC(=O)Cc1c(OC)ncc(C(F)F)c1Br. The number of pyridine rings is 1. The second-order valence-electron chi connectivity index (χ2n) is 3.07. The highest BCUT2D eigenvalue weighted by molar-refractivity contribution is 9.10. The molecule has 0 bridgehead atoms. The van der Waals surface area contributed by atoms with E-state index in [9.17, 15) is 13.6 Å².